The van der Waals surface area contributed by atoms with Crippen LogP contribution in [0.15, 0.2) is 101 Å². The van der Waals surface area contributed by atoms with E-state index in [0.29, 0.717) is 28.5 Å². The van der Waals surface area contributed by atoms with Crippen LogP contribution in [0.25, 0.3) is 27.4 Å². The van der Waals surface area contributed by atoms with E-state index in [4.69, 9.17) is 14.5 Å². The van der Waals surface area contributed by atoms with Gasteiger partial charge in [-0.2, -0.15) is 5.26 Å². The Morgan fingerprint density at radius 2 is 1.74 bits per heavy atom. The molecule has 0 saturated carbocycles. The molecule has 1 unspecified atom stereocenters. The number of methoxy groups -OCH3 is 1. The number of ketones is 1. The maximum absolute atomic E-state index is 13.5. The number of allylic oxidation sites excluding steroid dienone is 1. The molecule has 0 saturated heterocycles. The van der Waals surface area contributed by atoms with E-state index in [2.05, 4.69) is 28.1 Å². The Kier molecular flexibility index (Phi) is 6.15. The largest absolute Gasteiger partial charge is 0.497 e. The number of hydrogen-bond acceptors (Lipinski definition) is 5. The highest BCUT2D eigenvalue weighted by atomic mass is 79.9. The third-order valence-corrected chi connectivity index (χ3v) is 7.43. The van der Waals surface area contributed by atoms with E-state index in [1.165, 1.54) is 0 Å². The number of carbonyl (C=O) groups excluding carboxylic acids is 1. The number of benzene rings is 4. The molecular formula is C32H21BrN2O3. The average molecular weight is 561 g/mol. The first-order valence-corrected chi connectivity index (χ1v) is 12.9. The van der Waals surface area contributed by atoms with Crippen LogP contribution in [0.2, 0.25) is 0 Å². The second-order valence-electron chi connectivity index (χ2n) is 9.11. The average Bonchev–Trinajstić information content (AvgIpc) is 2.96. The van der Waals surface area contributed by atoms with Crippen LogP contribution < -0.4 is 9.47 Å². The topological polar surface area (TPSA) is 72.2 Å². The summed E-state index contributed by atoms with van der Waals surface area (Å²) in [6.45, 7) is 0. The number of halogens is 1. The van der Waals surface area contributed by atoms with Crippen LogP contribution in [0.5, 0.6) is 11.6 Å². The molecule has 0 fully saturated rings. The lowest BCUT2D eigenvalue weighted by molar-refractivity contribution is 0.0977. The van der Waals surface area contributed by atoms with Crippen LogP contribution in [0, 0.1) is 11.3 Å². The first-order valence-electron chi connectivity index (χ1n) is 12.1. The number of fused-ring (bicyclic) bond motifs is 4. The minimum Gasteiger partial charge on any atom is -0.497 e. The van der Waals surface area contributed by atoms with Crippen molar-refractivity contribution in [2.75, 3.05) is 7.11 Å². The molecule has 1 atom stereocenters. The van der Waals surface area contributed by atoms with Gasteiger partial charge in [0.2, 0.25) is 5.88 Å². The van der Waals surface area contributed by atoms with Gasteiger partial charge in [0.05, 0.1) is 24.3 Å². The quantitative estimate of drug-likeness (QED) is 0.162. The summed E-state index contributed by atoms with van der Waals surface area (Å²) in [5, 5.41) is 13.4. The Labute approximate surface area is 228 Å². The SMILES string of the molecule is COc1ccc(C(=O)CC2C(C#N)=C(c3ccc(Br)cc3)Oc3nc4c(ccc5ccccc54)cc32)cc1. The first-order chi connectivity index (χ1) is 18.6. The van der Waals surface area contributed by atoms with Gasteiger partial charge in [-0.3, -0.25) is 4.79 Å². The number of Topliss-reactive ketones (excluding diaryl/α,β-unsaturated/α-hetero) is 1. The molecule has 1 aromatic heterocycles. The molecule has 0 amide bonds. The second kappa shape index (κ2) is 9.77. The van der Waals surface area contributed by atoms with Crippen LogP contribution in [0.4, 0.5) is 0 Å². The molecule has 6 heteroatoms. The standard InChI is InChI=1S/C32H21BrN2O3/c1-37-24-14-10-20(11-15-24)29(36)17-26-27-16-22-7-6-19-4-2-3-5-25(19)30(22)35-32(27)38-31(28(26)18-34)21-8-12-23(33)13-9-21/h2-16,26H,17H2,1H3. The molecule has 38 heavy (non-hydrogen) atoms. The normalized spacial score (nSPS) is 14.6. The lowest BCUT2D eigenvalue weighted by atomic mass is 9.83. The molecular weight excluding hydrogens is 540 g/mol. The van der Waals surface area contributed by atoms with Crippen LogP contribution in [-0.2, 0) is 0 Å². The van der Waals surface area contributed by atoms with Gasteiger partial charge in [-0.1, -0.05) is 64.5 Å². The number of rotatable bonds is 5. The van der Waals surface area contributed by atoms with Gasteiger partial charge in [0.25, 0.3) is 0 Å². The Morgan fingerprint density at radius 1 is 1.00 bits per heavy atom. The summed E-state index contributed by atoms with van der Waals surface area (Å²) in [7, 11) is 1.59. The summed E-state index contributed by atoms with van der Waals surface area (Å²) >= 11 is 3.47. The summed E-state index contributed by atoms with van der Waals surface area (Å²) < 4.78 is 12.5. The first kappa shape index (κ1) is 23.9. The predicted octanol–water partition coefficient (Wildman–Crippen LogP) is 7.84. The van der Waals surface area contributed by atoms with Gasteiger partial charge in [0.1, 0.15) is 5.75 Å². The Bertz CT molecular complexity index is 1790. The van der Waals surface area contributed by atoms with Crippen molar-refractivity contribution < 1.29 is 14.3 Å². The number of nitrogens with zero attached hydrogens (tertiary/aromatic N) is 2. The Morgan fingerprint density at radius 3 is 2.47 bits per heavy atom. The maximum Gasteiger partial charge on any atom is 0.223 e. The maximum atomic E-state index is 13.5. The predicted molar refractivity (Wildman–Crippen MR) is 151 cm³/mol. The molecule has 2 heterocycles. The van der Waals surface area contributed by atoms with Crippen molar-refractivity contribution in [2.45, 2.75) is 12.3 Å². The van der Waals surface area contributed by atoms with Gasteiger partial charge < -0.3 is 9.47 Å². The van der Waals surface area contributed by atoms with Crippen molar-refractivity contribution >= 4 is 49.1 Å². The Balaban J connectivity index is 1.52. The van der Waals surface area contributed by atoms with Gasteiger partial charge in [-0.15, -0.1) is 0 Å². The molecule has 5 aromatic rings. The third-order valence-electron chi connectivity index (χ3n) is 6.90. The van der Waals surface area contributed by atoms with Crippen molar-refractivity contribution in [3.05, 3.63) is 118 Å². The fourth-order valence-electron chi connectivity index (χ4n) is 4.94. The van der Waals surface area contributed by atoms with E-state index >= 15 is 0 Å². The van der Waals surface area contributed by atoms with E-state index in [1.54, 1.807) is 31.4 Å². The van der Waals surface area contributed by atoms with Crippen LogP contribution >= 0.6 is 15.9 Å². The second-order valence-corrected chi connectivity index (χ2v) is 10.0. The van der Waals surface area contributed by atoms with Crippen molar-refractivity contribution in [1.82, 2.24) is 4.98 Å². The summed E-state index contributed by atoms with van der Waals surface area (Å²) in [4.78, 5) is 18.4. The molecule has 4 aromatic carbocycles. The molecule has 0 radical (unpaired) electrons. The van der Waals surface area contributed by atoms with Gasteiger partial charge in [-0.25, -0.2) is 4.98 Å². The third kappa shape index (κ3) is 4.21. The molecule has 0 N–H and O–H groups in total. The zero-order valence-electron chi connectivity index (χ0n) is 20.4. The van der Waals surface area contributed by atoms with E-state index < -0.39 is 5.92 Å². The highest BCUT2D eigenvalue weighted by Crippen LogP contribution is 2.45. The molecule has 0 aliphatic carbocycles. The van der Waals surface area contributed by atoms with Crippen molar-refractivity contribution in [1.29, 1.82) is 5.26 Å². The van der Waals surface area contributed by atoms with Crippen LogP contribution in [0.3, 0.4) is 0 Å². The minimum absolute atomic E-state index is 0.0768. The molecule has 184 valence electrons. The molecule has 1 aliphatic rings. The highest BCUT2D eigenvalue weighted by molar-refractivity contribution is 9.10. The molecule has 5 nitrogen and oxygen atoms in total. The summed E-state index contributed by atoms with van der Waals surface area (Å²) in [6, 6.07) is 31.1. The number of ether oxygens (including phenoxy) is 2. The number of pyridine rings is 1. The molecule has 1 aliphatic heterocycles. The summed E-state index contributed by atoms with van der Waals surface area (Å²) in [6.07, 6.45) is 0.104. The fourth-order valence-corrected chi connectivity index (χ4v) is 5.21. The van der Waals surface area contributed by atoms with E-state index in [0.717, 1.165) is 37.3 Å². The lowest BCUT2D eigenvalue weighted by Gasteiger charge is -2.27. The van der Waals surface area contributed by atoms with Gasteiger partial charge in [-0.05, 0) is 47.9 Å². The van der Waals surface area contributed by atoms with E-state index in [1.807, 2.05) is 60.7 Å². The number of nitriles is 1. The van der Waals surface area contributed by atoms with Crippen LogP contribution in [0.1, 0.15) is 33.8 Å². The summed E-state index contributed by atoms with van der Waals surface area (Å²) in [5.74, 6) is 0.925. The minimum atomic E-state index is -0.514. The van der Waals surface area contributed by atoms with Crippen molar-refractivity contribution in [2.24, 2.45) is 0 Å². The lowest BCUT2D eigenvalue weighted by Crippen LogP contribution is -2.18. The summed E-state index contributed by atoms with van der Waals surface area (Å²) in [5.41, 5.74) is 3.26. The zero-order valence-corrected chi connectivity index (χ0v) is 22.0. The smallest absolute Gasteiger partial charge is 0.223 e. The van der Waals surface area contributed by atoms with Crippen LogP contribution in [-0.4, -0.2) is 17.9 Å². The zero-order chi connectivity index (χ0) is 26.2. The number of carbonyl (C=O) groups is 1. The van der Waals surface area contributed by atoms with Crippen molar-refractivity contribution in [3.63, 3.8) is 0 Å². The monoisotopic (exact) mass is 560 g/mol. The number of aromatic nitrogens is 1. The molecule has 0 spiro atoms. The number of hydrogen-bond donors (Lipinski definition) is 0. The van der Waals surface area contributed by atoms with Crippen molar-refractivity contribution in [3.8, 4) is 17.7 Å². The Hall–Kier alpha value is -4.47. The molecule has 0 bridgehead atoms. The van der Waals surface area contributed by atoms with Gasteiger partial charge >= 0.3 is 0 Å². The van der Waals surface area contributed by atoms with Gasteiger partial charge in [0, 0.05) is 44.3 Å². The highest BCUT2D eigenvalue weighted by Gasteiger charge is 2.34. The van der Waals surface area contributed by atoms with Gasteiger partial charge in [0.15, 0.2) is 11.5 Å². The molecule has 6 rings (SSSR count). The van der Waals surface area contributed by atoms with E-state index in [9.17, 15) is 10.1 Å². The fraction of sp³-hybridized carbons (Fsp3) is 0.0938. The van der Waals surface area contributed by atoms with E-state index in [-0.39, 0.29) is 12.2 Å².